The van der Waals surface area contributed by atoms with E-state index in [0.29, 0.717) is 16.8 Å². The topological polar surface area (TPSA) is 83.7 Å². The monoisotopic (exact) mass is 750 g/mol. The van der Waals surface area contributed by atoms with E-state index in [9.17, 15) is 10.5 Å². The number of furan rings is 2. The van der Waals surface area contributed by atoms with E-state index in [-0.39, 0.29) is 10.8 Å². The Balaban J connectivity index is 1.23. The Hall–Kier alpha value is -7.28. The summed E-state index contributed by atoms with van der Waals surface area (Å²) in [6.45, 7) is 13.3. The molecule has 0 spiro atoms. The molecule has 0 saturated heterocycles. The summed E-state index contributed by atoms with van der Waals surface area (Å²) in [6.07, 6.45) is 0. The highest BCUT2D eigenvalue weighted by Crippen LogP contribution is 2.45. The molecule has 0 aliphatic carbocycles. The Kier molecular flexibility index (Phi) is 6.82. The van der Waals surface area contributed by atoms with E-state index in [0.717, 1.165) is 93.2 Å². The SMILES string of the molecule is CC(C)(C)c1ccc2c(c1)c1c3oc4ccccc4c3ccc1n2-c1cc(C#N)c(-n2c3ccc(C(C)(C)C)cc3c3c4oc5ccccc5c4ccc32)c(C#N)c1. The second-order valence-electron chi connectivity index (χ2n) is 17.6. The van der Waals surface area contributed by atoms with E-state index in [1.807, 2.05) is 48.5 Å². The quantitative estimate of drug-likeness (QED) is 0.176. The summed E-state index contributed by atoms with van der Waals surface area (Å²) in [5, 5.41) is 30.4. The first-order valence-corrected chi connectivity index (χ1v) is 19.7. The predicted molar refractivity (Wildman–Crippen MR) is 237 cm³/mol. The van der Waals surface area contributed by atoms with Gasteiger partial charge in [-0.1, -0.05) is 90.1 Å². The molecule has 0 atom stereocenters. The van der Waals surface area contributed by atoms with E-state index in [4.69, 9.17) is 8.83 Å². The summed E-state index contributed by atoms with van der Waals surface area (Å²) in [7, 11) is 0. The minimum Gasteiger partial charge on any atom is -0.455 e. The first-order valence-electron chi connectivity index (χ1n) is 19.7. The van der Waals surface area contributed by atoms with Crippen LogP contribution in [0.5, 0.6) is 0 Å². The predicted octanol–water partition coefficient (Wildman–Crippen LogP) is 14.0. The van der Waals surface area contributed by atoms with Crippen LogP contribution in [-0.4, -0.2) is 9.13 Å². The van der Waals surface area contributed by atoms with Crippen LogP contribution in [0.3, 0.4) is 0 Å². The molecule has 0 aliphatic rings. The lowest BCUT2D eigenvalue weighted by molar-refractivity contribution is 0.591. The number of aromatic nitrogens is 2. The van der Waals surface area contributed by atoms with Crippen LogP contribution in [0.25, 0.3) is 98.9 Å². The highest BCUT2D eigenvalue weighted by Gasteiger charge is 2.27. The van der Waals surface area contributed by atoms with Crippen LogP contribution in [0.1, 0.15) is 63.8 Å². The van der Waals surface area contributed by atoms with Crippen molar-refractivity contribution in [3.05, 3.63) is 144 Å². The summed E-state index contributed by atoms with van der Waals surface area (Å²) in [6, 6.07) is 46.8. The van der Waals surface area contributed by atoms with Gasteiger partial charge >= 0.3 is 0 Å². The second kappa shape index (κ2) is 11.6. The first-order chi connectivity index (χ1) is 27.9. The zero-order valence-electron chi connectivity index (χ0n) is 33.2. The molecule has 4 aromatic heterocycles. The number of nitriles is 2. The van der Waals surface area contributed by atoms with Gasteiger partial charge in [-0.3, -0.25) is 0 Å². The van der Waals surface area contributed by atoms with Gasteiger partial charge in [0.15, 0.2) is 0 Å². The van der Waals surface area contributed by atoms with Crippen LogP contribution in [0, 0.1) is 22.7 Å². The molecule has 0 unspecified atom stereocenters. The van der Waals surface area contributed by atoms with Crippen LogP contribution >= 0.6 is 0 Å². The van der Waals surface area contributed by atoms with Gasteiger partial charge in [-0.05, 0) is 94.8 Å². The Morgan fingerprint density at radius 1 is 0.448 bits per heavy atom. The van der Waals surface area contributed by atoms with Gasteiger partial charge in [0.1, 0.15) is 34.5 Å². The van der Waals surface area contributed by atoms with Crippen LogP contribution in [0.2, 0.25) is 0 Å². The lowest BCUT2D eigenvalue weighted by atomic mass is 9.86. The Labute approximate surface area is 334 Å². The fraction of sp³-hybridized carbons (Fsp3) is 0.154. The van der Waals surface area contributed by atoms with E-state index >= 15 is 0 Å². The minimum absolute atomic E-state index is 0.0854. The van der Waals surface area contributed by atoms with Crippen LogP contribution < -0.4 is 0 Å². The molecule has 11 rings (SSSR count). The van der Waals surface area contributed by atoms with E-state index in [1.165, 1.54) is 11.1 Å². The zero-order chi connectivity index (χ0) is 39.8. The van der Waals surface area contributed by atoms with E-state index in [2.05, 4.69) is 136 Å². The average molecular weight is 751 g/mol. The highest BCUT2D eigenvalue weighted by molar-refractivity contribution is 6.25. The summed E-state index contributed by atoms with van der Waals surface area (Å²) in [5.41, 5.74) is 11.2. The Morgan fingerprint density at radius 2 is 0.879 bits per heavy atom. The smallest absolute Gasteiger partial charge is 0.145 e. The van der Waals surface area contributed by atoms with Crippen molar-refractivity contribution in [3.63, 3.8) is 0 Å². The largest absolute Gasteiger partial charge is 0.455 e. The van der Waals surface area contributed by atoms with Gasteiger partial charge in [0.05, 0.1) is 49.7 Å². The third-order valence-electron chi connectivity index (χ3n) is 12.1. The maximum absolute atomic E-state index is 11.1. The number of hydrogen-bond acceptors (Lipinski definition) is 4. The van der Waals surface area contributed by atoms with Crippen molar-refractivity contribution in [3.8, 4) is 23.5 Å². The number of benzene rings is 7. The van der Waals surface area contributed by atoms with Crippen molar-refractivity contribution in [1.82, 2.24) is 9.13 Å². The molecular formula is C52H38N4O2. The molecule has 6 heteroatoms. The van der Waals surface area contributed by atoms with Crippen molar-refractivity contribution >= 4 is 87.5 Å². The zero-order valence-corrected chi connectivity index (χ0v) is 33.2. The highest BCUT2D eigenvalue weighted by atomic mass is 16.3. The molecular weight excluding hydrogens is 713 g/mol. The van der Waals surface area contributed by atoms with Crippen molar-refractivity contribution < 1.29 is 8.83 Å². The fourth-order valence-corrected chi connectivity index (χ4v) is 9.18. The molecule has 11 aromatic rings. The molecule has 0 N–H and O–H groups in total. The van der Waals surface area contributed by atoms with Gasteiger partial charge in [0, 0.05) is 38.0 Å². The molecule has 278 valence electrons. The first kappa shape index (κ1) is 34.0. The molecule has 0 amide bonds. The third-order valence-corrected chi connectivity index (χ3v) is 12.1. The lowest BCUT2D eigenvalue weighted by Gasteiger charge is -2.20. The van der Waals surface area contributed by atoms with Crippen molar-refractivity contribution in [1.29, 1.82) is 10.5 Å². The van der Waals surface area contributed by atoms with Gasteiger partial charge in [-0.25, -0.2) is 0 Å². The summed E-state index contributed by atoms with van der Waals surface area (Å²) in [5.74, 6) is 0. The standard InChI is InChI=1S/C52H38N4O2/c1-51(2,3)31-15-19-40-38(25-31)46-42(21-17-36-34-11-7-9-13-44(34)57-49(36)46)55(40)33-23-29(27-53)48(30(24-33)28-54)56-41-20-16-32(52(4,5)6)26-39(41)47-43(56)22-18-37-35-12-8-10-14-45(35)58-50(37)47/h7-26H,1-6H3. The number of rotatable bonds is 2. The van der Waals surface area contributed by atoms with Crippen molar-refractivity contribution in [2.24, 2.45) is 0 Å². The van der Waals surface area contributed by atoms with E-state index in [1.54, 1.807) is 0 Å². The number of fused-ring (bicyclic) bond motifs is 14. The maximum atomic E-state index is 11.1. The number of nitrogens with zero attached hydrogens (tertiary/aromatic N) is 4. The normalized spacial score (nSPS) is 12.6. The summed E-state index contributed by atoms with van der Waals surface area (Å²) in [4.78, 5) is 0. The van der Waals surface area contributed by atoms with Gasteiger partial charge in [-0.15, -0.1) is 0 Å². The minimum atomic E-state index is -0.106. The molecule has 58 heavy (non-hydrogen) atoms. The summed E-state index contributed by atoms with van der Waals surface area (Å²) < 4.78 is 17.5. The summed E-state index contributed by atoms with van der Waals surface area (Å²) >= 11 is 0. The van der Waals surface area contributed by atoms with Crippen LogP contribution in [0.15, 0.2) is 130 Å². The van der Waals surface area contributed by atoms with Crippen LogP contribution in [0.4, 0.5) is 0 Å². The van der Waals surface area contributed by atoms with Crippen LogP contribution in [-0.2, 0) is 10.8 Å². The van der Waals surface area contributed by atoms with Gasteiger partial charge in [0.2, 0.25) is 0 Å². The molecule has 7 aromatic carbocycles. The molecule has 4 heterocycles. The second-order valence-corrected chi connectivity index (χ2v) is 17.6. The van der Waals surface area contributed by atoms with Gasteiger partial charge in [0.25, 0.3) is 0 Å². The van der Waals surface area contributed by atoms with Crippen molar-refractivity contribution in [2.75, 3.05) is 0 Å². The molecule has 0 bridgehead atoms. The molecule has 6 nitrogen and oxygen atoms in total. The molecule has 0 saturated carbocycles. The lowest BCUT2D eigenvalue weighted by Crippen LogP contribution is -2.10. The third kappa shape index (κ3) is 4.63. The maximum Gasteiger partial charge on any atom is 0.145 e. The molecule has 0 radical (unpaired) electrons. The molecule has 0 fully saturated rings. The molecule has 0 aliphatic heterocycles. The Morgan fingerprint density at radius 3 is 1.34 bits per heavy atom. The number of hydrogen-bond donors (Lipinski definition) is 0. The number of para-hydroxylation sites is 2. The van der Waals surface area contributed by atoms with Gasteiger partial charge < -0.3 is 18.0 Å². The van der Waals surface area contributed by atoms with Gasteiger partial charge in [-0.2, -0.15) is 10.5 Å². The van der Waals surface area contributed by atoms with Crippen molar-refractivity contribution in [2.45, 2.75) is 52.4 Å². The average Bonchev–Trinajstić information content (AvgIpc) is 3.96. The Bertz CT molecular complexity index is 3630. The van der Waals surface area contributed by atoms with E-state index < -0.39 is 0 Å². The fourth-order valence-electron chi connectivity index (χ4n) is 9.18.